The minimum Gasteiger partial charge on any atom is -0.373 e. The molecule has 28 heavy (non-hydrogen) atoms. The Kier molecular flexibility index (Phi) is 9.01. The SMILES string of the molecule is CN=C(NCc1cccc(NC(=O)C2CCCC2)c1)NCC1(C)CCCO1.I. The molecule has 1 atom stereocenters. The van der Waals surface area contributed by atoms with Gasteiger partial charge in [0.2, 0.25) is 5.91 Å². The van der Waals surface area contributed by atoms with E-state index in [1.807, 2.05) is 24.3 Å². The lowest BCUT2D eigenvalue weighted by atomic mass is 10.0. The normalized spacial score (nSPS) is 22.6. The van der Waals surface area contributed by atoms with Crippen molar-refractivity contribution in [3.8, 4) is 0 Å². The second kappa shape index (κ2) is 11.0. The average Bonchev–Trinajstić information content (AvgIpc) is 3.34. The Morgan fingerprint density at radius 1 is 1.25 bits per heavy atom. The van der Waals surface area contributed by atoms with E-state index in [2.05, 4.69) is 27.9 Å². The van der Waals surface area contributed by atoms with Gasteiger partial charge in [-0.1, -0.05) is 25.0 Å². The van der Waals surface area contributed by atoms with Gasteiger partial charge in [-0.25, -0.2) is 0 Å². The van der Waals surface area contributed by atoms with Crippen molar-refractivity contribution in [3.05, 3.63) is 29.8 Å². The molecule has 7 heteroatoms. The molecule has 6 nitrogen and oxygen atoms in total. The number of benzene rings is 1. The molecule has 1 saturated heterocycles. The molecule has 156 valence electrons. The van der Waals surface area contributed by atoms with E-state index in [1.165, 1.54) is 0 Å². The number of ether oxygens (including phenoxy) is 1. The van der Waals surface area contributed by atoms with Crippen molar-refractivity contribution in [2.75, 3.05) is 25.5 Å². The van der Waals surface area contributed by atoms with Crippen LogP contribution in [-0.4, -0.2) is 37.7 Å². The predicted octanol–water partition coefficient (Wildman–Crippen LogP) is 3.67. The second-order valence-corrected chi connectivity index (χ2v) is 7.85. The first-order chi connectivity index (χ1) is 13.1. The molecule has 1 aliphatic carbocycles. The molecule has 1 heterocycles. The quantitative estimate of drug-likeness (QED) is 0.317. The molecular weight excluding hydrogens is 467 g/mol. The molecular formula is C21H33IN4O2. The largest absolute Gasteiger partial charge is 0.373 e. The number of guanidine groups is 1. The molecule has 1 aliphatic heterocycles. The van der Waals surface area contributed by atoms with Crippen molar-refractivity contribution in [1.29, 1.82) is 0 Å². The zero-order valence-corrected chi connectivity index (χ0v) is 19.3. The first-order valence-electron chi connectivity index (χ1n) is 10.1. The average molecular weight is 500 g/mol. The number of aliphatic imine (C=N–C) groups is 1. The van der Waals surface area contributed by atoms with Gasteiger partial charge in [-0.05, 0) is 50.3 Å². The third-order valence-corrected chi connectivity index (χ3v) is 5.53. The highest BCUT2D eigenvalue weighted by molar-refractivity contribution is 14.0. The minimum absolute atomic E-state index is 0. The summed E-state index contributed by atoms with van der Waals surface area (Å²) in [7, 11) is 1.77. The monoisotopic (exact) mass is 500 g/mol. The molecule has 3 rings (SSSR count). The molecule has 2 fully saturated rings. The molecule has 1 aromatic carbocycles. The number of anilines is 1. The molecule has 0 bridgehead atoms. The van der Waals surface area contributed by atoms with Crippen LogP contribution in [-0.2, 0) is 16.1 Å². The van der Waals surface area contributed by atoms with Crippen LogP contribution in [0.25, 0.3) is 0 Å². The van der Waals surface area contributed by atoms with Crippen molar-refractivity contribution in [3.63, 3.8) is 0 Å². The Hall–Kier alpha value is -1.35. The van der Waals surface area contributed by atoms with Crippen molar-refractivity contribution in [1.82, 2.24) is 10.6 Å². The van der Waals surface area contributed by atoms with E-state index in [-0.39, 0.29) is 41.4 Å². The molecule has 1 aromatic rings. The van der Waals surface area contributed by atoms with Crippen LogP contribution in [0.15, 0.2) is 29.3 Å². The van der Waals surface area contributed by atoms with E-state index < -0.39 is 0 Å². The maximum atomic E-state index is 12.3. The van der Waals surface area contributed by atoms with Crippen LogP contribution in [0.5, 0.6) is 0 Å². The Morgan fingerprint density at radius 2 is 2.04 bits per heavy atom. The van der Waals surface area contributed by atoms with Crippen molar-refractivity contribution >= 4 is 41.5 Å². The summed E-state index contributed by atoms with van der Waals surface area (Å²) in [6, 6.07) is 7.99. The van der Waals surface area contributed by atoms with Crippen LogP contribution in [0.4, 0.5) is 5.69 Å². The number of nitrogens with zero attached hydrogens (tertiary/aromatic N) is 1. The van der Waals surface area contributed by atoms with Gasteiger partial charge in [-0.3, -0.25) is 9.79 Å². The van der Waals surface area contributed by atoms with Crippen molar-refractivity contribution < 1.29 is 9.53 Å². The Balaban J connectivity index is 0.00000280. The maximum Gasteiger partial charge on any atom is 0.227 e. The summed E-state index contributed by atoms with van der Waals surface area (Å²) in [6.45, 7) is 4.36. The lowest BCUT2D eigenvalue weighted by molar-refractivity contribution is -0.119. The third kappa shape index (κ3) is 6.62. The molecule has 3 N–H and O–H groups in total. The van der Waals surface area contributed by atoms with Gasteiger partial charge < -0.3 is 20.7 Å². The third-order valence-electron chi connectivity index (χ3n) is 5.53. The van der Waals surface area contributed by atoms with Crippen LogP contribution >= 0.6 is 24.0 Å². The van der Waals surface area contributed by atoms with Gasteiger partial charge >= 0.3 is 0 Å². The summed E-state index contributed by atoms with van der Waals surface area (Å²) < 4.78 is 5.81. The Bertz CT molecular complexity index is 668. The predicted molar refractivity (Wildman–Crippen MR) is 124 cm³/mol. The molecule has 0 spiro atoms. The van der Waals surface area contributed by atoms with Crippen LogP contribution in [0.2, 0.25) is 0 Å². The summed E-state index contributed by atoms with van der Waals surface area (Å²) >= 11 is 0. The topological polar surface area (TPSA) is 74.8 Å². The van der Waals surface area contributed by atoms with E-state index >= 15 is 0 Å². The van der Waals surface area contributed by atoms with Crippen molar-refractivity contribution in [2.24, 2.45) is 10.9 Å². The van der Waals surface area contributed by atoms with Gasteiger partial charge in [0.1, 0.15) is 0 Å². The standard InChI is InChI=1S/C21H32N4O2.HI/c1-21(11-6-12-27-21)15-24-20(22-2)23-14-16-7-5-10-18(13-16)25-19(26)17-8-3-4-9-17;/h5,7,10,13,17H,3-4,6,8-9,11-12,14-15H2,1-2H3,(H,25,26)(H2,22,23,24);1H. The summed E-state index contributed by atoms with van der Waals surface area (Å²) in [5.41, 5.74) is 1.86. The van der Waals surface area contributed by atoms with Gasteiger partial charge in [0, 0.05) is 38.3 Å². The smallest absolute Gasteiger partial charge is 0.227 e. The van der Waals surface area contributed by atoms with Crippen LogP contribution < -0.4 is 16.0 Å². The van der Waals surface area contributed by atoms with E-state index in [4.69, 9.17) is 4.74 Å². The highest BCUT2D eigenvalue weighted by atomic mass is 127. The minimum atomic E-state index is -0.109. The molecule has 2 aliphatic rings. The van der Waals surface area contributed by atoms with Gasteiger partial charge in [0.05, 0.1) is 5.60 Å². The van der Waals surface area contributed by atoms with E-state index in [1.54, 1.807) is 7.05 Å². The number of nitrogens with one attached hydrogen (secondary N) is 3. The lowest BCUT2D eigenvalue weighted by Gasteiger charge is -2.24. The van der Waals surface area contributed by atoms with Gasteiger partial charge in [0.25, 0.3) is 0 Å². The van der Waals surface area contributed by atoms with E-state index in [9.17, 15) is 4.79 Å². The number of carbonyl (C=O) groups is 1. The summed E-state index contributed by atoms with van der Waals surface area (Å²) in [4.78, 5) is 16.6. The number of carbonyl (C=O) groups excluding carboxylic acids is 1. The van der Waals surface area contributed by atoms with E-state index in [0.29, 0.717) is 6.54 Å². The fraction of sp³-hybridized carbons (Fsp3) is 0.619. The van der Waals surface area contributed by atoms with Crippen LogP contribution in [0.1, 0.15) is 51.0 Å². The fourth-order valence-electron chi connectivity index (χ4n) is 3.84. The first-order valence-corrected chi connectivity index (χ1v) is 10.1. The second-order valence-electron chi connectivity index (χ2n) is 7.85. The van der Waals surface area contributed by atoms with Crippen LogP contribution in [0, 0.1) is 5.92 Å². The number of hydrogen-bond donors (Lipinski definition) is 3. The fourth-order valence-corrected chi connectivity index (χ4v) is 3.84. The Labute approximate surface area is 185 Å². The molecule has 1 saturated carbocycles. The van der Waals surface area contributed by atoms with Gasteiger partial charge in [-0.2, -0.15) is 0 Å². The molecule has 1 unspecified atom stereocenters. The number of amides is 1. The molecule has 0 radical (unpaired) electrons. The zero-order valence-electron chi connectivity index (χ0n) is 16.9. The van der Waals surface area contributed by atoms with Crippen LogP contribution in [0.3, 0.4) is 0 Å². The highest BCUT2D eigenvalue weighted by Crippen LogP contribution is 2.26. The first kappa shape index (κ1) is 22.9. The highest BCUT2D eigenvalue weighted by Gasteiger charge is 2.29. The number of hydrogen-bond acceptors (Lipinski definition) is 3. The maximum absolute atomic E-state index is 12.3. The van der Waals surface area contributed by atoms with Gasteiger partial charge in [0.15, 0.2) is 5.96 Å². The number of halogens is 1. The summed E-state index contributed by atoms with van der Waals surface area (Å²) in [6.07, 6.45) is 6.54. The van der Waals surface area contributed by atoms with E-state index in [0.717, 1.165) is 68.9 Å². The van der Waals surface area contributed by atoms with Gasteiger partial charge in [-0.15, -0.1) is 24.0 Å². The lowest BCUT2D eigenvalue weighted by Crippen LogP contribution is -2.45. The zero-order chi connectivity index (χ0) is 19.1. The molecule has 0 aromatic heterocycles. The Morgan fingerprint density at radius 3 is 2.71 bits per heavy atom. The molecule has 1 amide bonds. The summed E-state index contributed by atoms with van der Waals surface area (Å²) in [5.74, 6) is 1.08. The summed E-state index contributed by atoms with van der Waals surface area (Å²) in [5, 5.41) is 9.75. The van der Waals surface area contributed by atoms with Crippen molar-refractivity contribution in [2.45, 2.75) is 57.6 Å². The number of rotatable bonds is 6.